The highest BCUT2D eigenvalue weighted by Crippen LogP contribution is 2.35. The summed E-state index contributed by atoms with van der Waals surface area (Å²) in [7, 11) is 0. The standard InChI is InChI=1S/C28H31N3O2/c1-3-30-27(33)28(18-22-9-11-24(12-10-22)25-8-5-14-29-19-25)13-15-31(20-28)26(32)17-23-7-4-6-21(2)16-23/h4-12,14,16,19H,3,13,15,17-18,20H2,1-2H3,(H,30,33). The molecule has 1 aliphatic rings. The molecular formula is C28H31N3O2. The fraction of sp³-hybridized carbons (Fsp3) is 0.321. The quantitative estimate of drug-likeness (QED) is 0.598. The van der Waals surface area contributed by atoms with Crippen molar-refractivity contribution in [3.8, 4) is 11.1 Å². The second-order valence-corrected chi connectivity index (χ2v) is 8.99. The lowest BCUT2D eigenvalue weighted by atomic mass is 9.79. The number of hydrogen-bond donors (Lipinski definition) is 1. The van der Waals surface area contributed by atoms with Crippen molar-refractivity contribution in [2.45, 2.75) is 33.1 Å². The predicted molar refractivity (Wildman–Crippen MR) is 131 cm³/mol. The van der Waals surface area contributed by atoms with Gasteiger partial charge in [-0.3, -0.25) is 14.6 Å². The van der Waals surface area contributed by atoms with E-state index in [9.17, 15) is 9.59 Å². The highest BCUT2D eigenvalue weighted by atomic mass is 16.2. The van der Waals surface area contributed by atoms with Crippen molar-refractivity contribution >= 4 is 11.8 Å². The monoisotopic (exact) mass is 441 g/mol. The number of carbonyl (C=O) groups excluding carboxylic acids is 2. The number of nitrogens with zero attached hydrogens (tertiary/aromatic N) is 2. The zero-order valence-corrected chi connectivity index (χ0v) is 19.4. The van der Waals surface area contributed by atoms with Crippen LogP contribution in [0, 0.1) is 12.3 Å². The number of pyridine rings is 1. The van der Waals surface area contributed by atoms with E-state index in [1.54, 1.807) is 6.20 Å². The normalized spacial score (nSPS) is 17.7. The van der Waals surface area contributed by atoms with Crippen LogP contribution < -0.4 is 5.32 Å². The summed E-state index contributed by atoms with van der Waals surface area (Å²) < 4.78 is 0. The van der Waals surface area contributed by atoms with Crippen molar-refractivity contribution in [3.05, 3.63) is 89.7 Å². The summed E-state index contributed by atoms with van der Waals surface area (Å²) >= 11 is 0. The number of rotatable bonds is 7. The average Bonchev–Trinajstić information content (AvgIpc) is 3.26. The summed E-state index contributed by atoms with van der Waals surface area (Å²) in [6, 6.07) is 20.3. The van der Waals surface area contributed by atoms with Crippen molar-refractivity contribution in [1.82, 2.24) is 15.2 Å². The third-order valence-corrected chi connectivity index (χ3v) is 6.45. The number of hydrogen-bond acceptors (Lipinski definition) is 3. The van der Waals surface area contributed by atoms with Gasteiger partial charge in [-0.2, -0.15) is 0 Å². The second kappa shape index (κ2) is 9.99. The fourth-order valence-corrected chi connectivity index (χ4v) is 4.69. The van der Waals surface area contributed by atoms with Gasteiger partial charge in [-0.25, -0.2) is 0 Å². The number of nitrogens with one attached hydrogen (secondary N) is 1. The van der Waals surface area contributed by atoms with E-state index in [4.69, 9.17) is 0 Å². The lowest BCUT2D eigenvalue weighted by Gasteiger charge is -2.28. The molecule has 5 heteroatoms. The van der Waals surface area contributed by atoms with Gasteiger partial charge >= 0.3 is 0 Å². The van der Waals surface area contributed by atoms with E-state index in [1.807, 2.05) is 55.3 Å². The highest BCUT2D eigenvalue weighted by molar-refractivity contribution is 5.86. The first-order chi connectivity index (χ1) is 16.0. The largest absolute Gasteiger partial charge is 0.356 e. The molecule has 0 radical (unpaired) electrons. The van der Waals surface area contributed by atoms with Gasteiger partial charge in [0, 0.05) is 32.0 Å². The molecule has 5 nitrogen and oxygen atoms in total. The fourth-order valence-electron chi connectivity index (χ4n) is 4.69. The topological polar surface area (TPSA) is 62.3 Å². The van der Waals surface area contributed by atoms with Gasteiger partial charge in [-0.05, 0) is 55.0 Å². The van der Waals surface area contributed by atoms with Crippen LogP contribution in [0.1, 0.15) is 30.0 Å². The highest BCUT2D eigenvalue weighted by Gasteiger charge is 2.45. The lowest BCUT2D eigenvalue weighted by molar-refractivity contribution is -0.132. The Morgan fingerprint density at radius 3 is 2.55 bits per heavy atom. The van der Waals surface area contributed by atoms with E-state index >= 15 is 0 Å². The first kappa shape index (κ1) is 22.7. The maximum Gasteiger partial charge on any atom is 0.228 e. The molecule has 1 atom stereocenters. The molecule has 0 spiro atoms. The Morgan fingerprint density at radius 2 is 1.85 bits per heavy atom. The second-order valence-electron chi connectivity index (χ2n) is 8.99. The zero-order chi connectivity index (χ0) is 23.3. The van der Waals surface area contributed by atoms with Crippen LogP contribution in [0.5, 0.6) is 0 Å². The first-order valence-electron chi connectivity index (χ1n) is 11.6. The third kappa shape index (κ3) is 5.30. The molecule has 2 aromatic carbocycles. The zero-order valence-electron chi connectivity index (χ0n) is 19.4. The number of aromatic nitrogens is 1. The van der Waals surface area contributed by atoms with Crippen LogP contribution in [-0.4, -0.2) is 41.3 Å². The molecule has 170 valence electrons. The molecule has 1 aromatic heterocycles. The Kier molecular flexibility index (Phi) is 6.87. The molecule has 0 aliphatic carbocycles. The van der Waals surface area contributed by atoms with Gasteiger partial charge in [0.2, 0.25) is 11.8 Å². The van der Waals surface area contributed by atoms with E-state index in [1.165, 1.54) is 0 Å². The van der Waals surface area contributed by atoms with Gasteiger partial charge in [0.15, 0.2) is 0 Å². The van der Waals surface area contributed by atoms with Crippen LogP contribution in [0.4, 0.5) is 0 Å². The molecule has 3 aromatic rings. The van der Waals surface area contributed by atoms with Crippen LogP contribution in [0.15, 0.2) is 73.1 Å². The minimum atomic E-state index is -0.603. The molecular weight excluding hydrogens is 410 g/mol. The number of aryl methyl sites for hydroxylation is 1. The summed E-state index contributed by atoms with van der Waals surface area (Å²) in [4.78, 5) is 32.3. The van der Waals surface area contributed by atoms with E-state index < -0.39 is 5.41 Å². The predicted octanol–water partition coefficient (Wildman–Crippen LogP) is 4.20. The Hall–Kier alpha value is -3.47. The molecule has 4 rings (SSSR count). The maximum atomic E-state index is 13.2. The van der Waals surface area contributed by atoms with Gasteiger partial charge in [-0.15, -0.1) is 0 Å². The molecule has 33 heavy (non-hydrogen) atoms. The molecule has 2 amide bonds. The SMILES string of the molecule is CCNC(=O)C1(Cc2ccc(-c3cccnc3)cc2)CCN(C(=O)Cc2cccc(C)c2)C1. The summed E-state index contributed by atoms with van der Waals surface area (Å²) in [5.74, 6) is 0.117. The maximum absolute atomic E-state index is 13.2. The number of benzene rings is 2. The Balaban J connectivity index is 1.50. The van der Waals surface area contributed by atoms with E-state index in [0.717, 1.165) is 27.8 Å². The minimum Gasteiger partial charge on any atom is -0.356 e. The molecule has 0 bridgehead atoms. The molecule has 1 unspecified atom stereocenters. The van der Waals surface area contributed by atoms with Gasteiger partial charge < -0.3 is 10.2 Å². The van der Waals surface area contributed by atoms with Crippen LogP contribution in [-0.2, 0) is 22.4 Å². The van der Waals surface area contributed by atoms with Crippen LogP contribution in [0.2, 0.25) is 0 Å². The van der Waals surface area contributed by atoms with Crippen molar-refractivity contribution in [1.29, 1.82) is 0 Å². The van der Waals surface area contributed by atoms with Gasteiger partial charge in [0.25, 0.3) is 0 Å². The Morgan fingerprint density at radius 1 is 1.03 bits per heavy atom. The van der Waals surface area contributed by atoms with E-state index in [2.05, 4.69) is 40.6 Å². The van der Waals surface area contributed by atoms with Gasteiger partial charge in [0.05, 0.1) is 11.8 Å². The molecule has 1 fully saturated rings. The summed E-state index contributed by atoms with van der Waals surface area (Å²) in [6.07, 6.45) is 5.26. The van der Waals surface area contributed by atoms with E-state index in [-0.39, 0.29) is 11.8 Å². The van der Waals surface area contributed by atoms with Gasteiger partial charge in [0.1, 0.15) is 0 Å². The molecule has 0 saturated carbocycles. The molecule has 1 aliphatic heterocycles. The van der Waals surface area contributed by atoms with Crippen LogP contribution in [0.3, 0.4) is 0 Å². The van der Waals surface area contributed by atoms with Crippen LogP contribution in [0.25, 0.3) is 11.1 Å². The van der Waals surface area contributed by atoms with Crippen LogP contribution >= 0.6 is 0 Å². The third-order valence-electron chi connectivity index (χ3n) is 6.45. The number of carbonyl (C=O) groups is 2. The summed E-state index contributed by atoms with van der Waals surface area (Å²) in [5, 5.41) is 3.02. The summed E-state index contributed by atoms with van der Waals surface area (Å²) in [5.41, 5.74) is 4.82. The average molecular weight is 442 g/mol. The molecule has 1 N–H and O–H groups in total. The molecule has 2 heterocycles. The Labute approximate surface area is 195 Å². The van der Waals surface area contributed by atoms with Gasteiger partial charge in [-0.1, -0.05) is 60.2 Å². The van der Waals surface area contributed by atoms with Crippen molar-refractivity contribution in [3.63, 3.8) is 0 Å². The smallest absolute Gasteiger partial charge is 0.228 e. The van der Waals surface area contributed by atoms with Crippen molar-refractivity contribution < 1.29 is 9.59 Å². The van der Waals surface area contributed by atoms with Crippen molar-refractivity contribution in [2.24, 2.45) is 5.41 Å². The minimum absolute atomic E-state index is 0.0344. The number of amides is 2. The first-order valence-corrected chi connectivity index (χ1v) is 11.6. The molecule has 1 saturated heterocycles. The summed E-state index contributed by atoms with van der Waals surface area (Å²) in [6.45, 7) is 5.61. The lowest BCUT2D eigenvalue weighted by Crippen LogP contribution is -2.45. The Bertz CT molecular complexity index is 1110. The van der Waals surface area contributed by atoms with E-state index in [0.29, 0.717) is 38.9 Å². The van der Waals surface area contributed by atoms with Crippen molar-refractivity contribution in [2.75, 3.05) is 19.6 Å². The number of likely N-dealkylation sites (tertiary alicyclic amines) is 1.